The predicted octanol–water partition coefficient (Wildman–Crippen LogP) is 3.00. The van der Waals surface area contributed by atoms with Gasteiger partial charge < -0.3 is 29.3 Å². The van der Waals surface area contributed by atoms with Crippen LogP contribution in [-0.4, -0.2) is 108 Å². The topological polar surface area (TPSA) is 127 Å². The minimum Gasteiger partial charge on any atom is -0.493 e. The summed E-state index contributed by atoms with van der Waals surface area (Å²) in [5.41, 5.74) is 2.98. The molecule has 13 nitrogen and oxygen atoms in total. The zero-order valence-corrected chi connectivity index (χ0v) is 27.0. The number of carbonyl (C=O) groups is 2. The van der Waals surface area contributed by atoms with Gasteiger partial charge in [-0.3, -0.25) is 14.5 Å². The average molecular weight is 631 g/mol. The molecule has 0 saturated carbocycles. The second-order valence-corrected chi connectivity index (χ2v) is 11.8. The number of pyridine rings is 2. The van der Waals surface area contributed by atoms with Gasteiger partial charge in [-0.15, -0.1) is 0 Å². The number of carbonyl (C=O) groups excluding carboxylic acids is 2. The summed E-state index contributed by atoms with van der Waals surface area (Å²) >= 11 is 0. The largest absolute Gasteiger partial charge is 0.493 e. The zero-order valence-electron chi connectivity index (χ0n) is 27.0. The molecule has 3 aromatic heterocycles. The zero-order chi connectivity index (χ0) is 32.2. The van der Waals surface area contributed by atoms with Crippen molar-refractivity contribution in [1.29, 1.82) is 0 Å². The van der Waals surface area contributed by atoms with E-state index in [1.807, 2.05) is 6.07 Å². The summed E-state index contributed by atoms with van der Waals surface area (Å²) in [5, 5.41) is 8.17. The minimum atomic E-state index is -0.147. The normalized spacial score (nSPS) is 18.4. The van der Waals surface area contributed by atoms with E-state index in [1.165, 1.54) is 6.33 Å². The number of fused-ring (bicyclic) bond motifs is 6. The molecule has 244 valence electrons. The highest BCUT2D eigenvalue weighted by atomic mass is 16.5. The van der Waals surface area contributed by atoms with Crippen molar-refractivity contribution in [2.45, 2.75) is 32.7 Å². The van der Waals surface area contributed by atoms with E-state index in [1.54, 1.807) is 49.1 Å². The molecule has 13 heteroatoms. The number of nitrogens with zero attached hydrogens (tertiary/aromatic N) is 7. The Morgan fingerprint density at radius 3 is 2.67 bits per heavy atom. The maximum Gasteiger partial charge on any atom is 0.255 e. The van der Waals surface area contributed by atoms with Gasteiger partial charge in [-0.1, -0.05) is 6.92 Å². The molecule has 4 aromatic rings. The molecular formula is C33H42N8O5. The molecule has 0 radical (unpaired) electrons. The second kappa shape index (κ2) is 13.8. The summed E-state index contributed by atoms with van der Waals surface area (Å²) < 4.78 is 18.8. The molecule has 1 saturated heterocycles. The van der Waals surface area contributed by atoms with Gasteiger partial charge in [-0.2, -0.15) is 5.10 Å². The highest BCUT2D eigenvalue weighted by molar-refractivity contribution is 5.94. The van der Waals surface area contributed by atoms with Gasteiger partial charge in [0.1, 0.15) is 12.1 Å². The van der Waals surface area contributed by atoms with E-state index < -0.39 is 0 Å². The molecule has 1 fully saturated rings. The summed E-state index contributed by atoms with van der Waals surface area (Å²) in [6, 6.07) is 7.59. The Hall–Kier alpha value is -4.65. The van der Waals surface area contributed by atoms with Crippen molar-refractivity contribution < 1.29 is 23.8 Å². The van der Waals surface area contributed by atoms with Gasteiger partial charge in [-0.05, 0) is 43.5 Å². The Kier molecular flexibility index (Phi) is 9.38. The first kappa shape index (κ1) is 31.3. The number of likely N-dealkylation sites (N-methyl/N-ethyl adjacent to an activating group) is 1. The number of benzene rings is 1. The van der Waals surface area contributed by atoms with Gasteiger partial charge in [0.15, 0.2) is 17.1 Å². The lowest BCUT2D eigenvalue weighted by Crippen LogP contribution is -2.42. The molecule has 2 aliphatic rings. The van der Waals surface area contributed by atoms with Crippen molar-refractivity contribution in [3.05, 3.63) is 47.9 Å². The van der Waals surface area contributed by atoms with Crippen LogP contribution in [-0.2, 0) is 11.3 Å². The highest BCUT2D eigenvalue weighted by Crippen LogP contribution is 2.44. The van der Waals surface area contributed by atoms with E-state index in [0.29, 0.717) is 61.2 Å². The fraction of sp³-hybridized carbons (Fsp3) is 0.485. The molecular weight excluding hydrogens is 588 g/mol. The van der Waals surface area contributed by atoms with Crippen LogP contribution in [0, 0.1) is 5.92 Å². The molecule has 2 bridgehead atoms. The quantitative estimate of drug-likeness (QED) is 0.352. The number of nitrogens with one attached hydrogen (secondary N) is 1. The highest BCUT2D eigenvalue weighted by Gasteiger charge is 2.27. The molecule has 1 N–H and O–H groups in total. The number of hydrogen-bond donors (Lipinski definition) is 1. The third-order valence-corrected chi connectivity index (χ3v) is 9.03. The van der Waals surface area contributed by atoms with Gasteiger partial charge in [0.05, 0.1) is 32.4 Å². The maximum absolute atomic E-state index is 13.8. The number of hydrogen-bond acceptors (Lipinski definition) is 10. The Balaban J connectivity index is 1.37. The third-order valence-electron chi connectivity index (χ3n) is 9.03. The lowest BCUT2D eigenvalue weighted by molar-refractivity contribution is -0.121. The first-order valence-electron chi connectivity index (χ1n) is 15.9. The van der Waals surface area contributed by atoms with E-state index >= 15 is 0 Å². The number of aromatic nitrogens is 4. The van der Waals surface area contributed by atoms with Gasteiger partial charge in [0.2, 0.25) is 11.7 Å². The van der Waals surface area contributed by atoms with Crippen LogP contribution in [0.25, 0.3) is 16.6 Å². The van der Waals surface area contributed by atoms with Crippen molar-refractivity contribution in [3.63, 3.8) is 0 Å². The summed E-state index contributed by atoms with van der Waals surface area (Å²) in [7, 11) is 4.83. The molecule has 2 aliphatic heterocycles. The third kappa shape index (κ3) is 6.37. The monoisotopic (exact) mass is 630 g/mol. The number of piperidine rings is 1. The fourth-order valence-electron chi connectivity index (χ4n) is 6.51. The molecule has 1 aromatic carbocycles. The van der Waals surface area contributed by atoms with Crippen molar-refractivity contribution in [2.24, 2.45) is 5.92 Å². The first-order valence-corrected chi connectivity index (χ1v) is 15.9. The molecule has 0 aliphatic carbocycles. The summed E-state index contributed by atoms with van der Waals surface area (Å²) in [6.07, 6.45) is 5.41. The first-order chi connectivity index (χ1) is 22.4. The SMILES string of the molecule is CCN1CCN(C(=O)c2ccc3ncnn3c2)CCC(=O)NCC2CCCN(C2)c2nc3cc(OC)c(OC)c(OC)c3cc2C1. The van der Waals surface area contributed by atoms with Crippen LogP contribution in [0.5, 0.6) is 17.2 Å². The standard InChI is InChI=1S/C33H42N8O5/c1-5-38-13-14-39(33(43)23-8-9-28-35-21-36-41(28)20-23)12-10-29(42)34-17-22-7-6-11-40(18-22)32-24(19-38)15-25-26(37-32)16-27(44-2)31(46-4)30(25)45-3/h8-9,15-16,20-22H,5-7,10-14,17-19H2,1-4H3,(H,34,42). The van der Waals surface area contributed by atoms with Crippen molar-refractivity contribution >= 4 is 34.2 Å². The van der Waals surface area contributed by atoms with Crippen LogP contribution in [0.1, 0.15) is 42.1 Å². The van der Waals surface area contributed by atoms with E-state index in [-0.39, 0.29) is 24.2 Å². The second-order valence-electron chi connectivity index (χ2n) is 11.8. The van der Waals surface area contributed by atoms with Gasteiger partial charge in [0.25, 0.3) is 5.91 Å². The smallest absolute Gasteiger partial charge is 0.255 e. The Bertz CT molecular complexity index is 1730. The van der Waals surface area contributed by atoms with Crippen LogP contribution in [0.15, 0.2) is 36.8 Å². The van der Waals surface area contributed by atoms with E-state index in [9.17, 15) is 9.59 Å². The predicted molar refractivity (Wildman–Crippen MR) is 174 cm³/mol. The van der Waals surface area contributed by atoms with Crippen LogP contribution < -0.4 is 24.4 Å². The van der Waals surface area contributed by atoms with E-state index in [0.717, 1.165) is 54.8 Å². The van der Waals surface area contributed by atoms with Crippen molar-refractivity contribution in [1.82, 2.24) is 34.7 Å². The Morgan fingerprint density at radius 2 is 1.89 bits per heavy atom. The Labute approximate surface area is 268 Å². The molecule has 0 spiro atoms. The molecule has 2 amide bonds. The van der Waals surface area contributed by atoms with Gasteiger partial charge in [0, 0.05) is 75.4 Å². The molecule has 5 heterocycles. The number of methoxy groups -OCH3 is 3. The number of amides is 2. The lowest BCUT2D eigenvalue weighted by atomic mass is 9.97. The molecule has 46 heavy (non-hydrogen) atoms. The van der Waals surface area contributed by atoms with Crippen LogP contribution in [0.3, 0.4) is 0 Å². The Morgan fingerprint density at radius 1 is 1.04 bits per heavy atom. The number of rotatable bonds is 5. The molecule has 1 unspecified atom stereocenters. The van der Waals surface area contributed by atoms with Crippen LogP contribution in [0.2, 0.25) is 0 Å². The van der Waals surface area contributed by atoms with Gasteiger partial charge in [-0.25, -0.2) is 14.5 Å². The minimum absolute atomic E-state index is 0.0541. The van der Waals surface area contributed by atoms with Crippen molar-refractivity contribution in [3.8, 4) is 17.2 Å². The van der Waals surface area contributed by atoms with Crippen molar-refractivity contribution in [2.75, 3.05) is 72.0 Å². The van der Waals surface area contributed by atoms with Crippen LogP contribution >= 0.6 is 0 Å². The summed E-state index contributed by atoms with van der Waals surface area (Å²) in [6.45, 7) is 7.12. The van der Waals surface area contributed by atoms with Crippen LogP contribution in [0.4, 0.5) is 5.82 Å². The maximum atomic E-state index is 13.8. The van der Waals surface area contributed by atoms with Gasteiger partial charge >= 0.3 is 0 Å². The summed E-state index contributed by atoms with van der Waals surface area (Å²) in [5.74, 6) is 2.65. The molecule has 1 atom stereocenters. The summed E-state index contributed by atoms with van der Waals surface area (Å²) in [4.78, 5) is 42.7. The molecule has 6 rings (SSSR count). The van der Waals surface area contributed by atoms with E-state index in [2.05, 4.69) is 38.2 Å². The fourth-order valence-corrected chi connectivity index (χ4v) is 6.51. The van der Waals surface area contributed by atoms with E-state index in [4.69, 9.17) is 19.2 Å². The number of anilines is 1. The average Bonchev–Trinajstić information content (AvgIpc) is 3.56. The lowest BCUT2D eigenvalue weighted by Gasteiger charge is -2.35. The number of ether oxygens (including phenoxy) is 3.